The Labute approximate surface area is 136 Å². The van der Waals surface area contributed by atoms with Crippen molar-refractivity contribution in [2.75, 3.05) is 20.3 Å². The van der Waals surface area contributed by atoms with E-state index < -0.39 is 24.0 Å². The Bertz CT molecular complexity index is 616. The van der Waals surface area contributed by atoms with Gasteiger partial charge in [0.1, 0.15) is 5.54 Å². The molecule has 9 heteroatoms. The average molecular weight is 345 g/mol. The summed E-state index contributed by atoms with van der Waals surface area (Å²) in [5, 5.41) is 11.9. The van der Waals surface area contributed by atoms with Crippen molar-refractivity contribution in [1.82, 2.24) is 5.32 Å². The van der Waals surface area contributed by atoms with Crippen LogP contribution >= 0.6 is 0 Å². The van der Waals surface area contributed by atoms with E-state index in [1.807, 2.05) is 0 Å². The molecule has 0 radical (unpaired) electrons. The zero-order valence-corrected chi connectivity index (χ0v) is 12.9. The number of rotatable bonds is 6. The molecule has 1 aliphatic rings. The van der Waals surface area contributed by atoms with Crippen molar-refractivity contribution in [1.29, 1.82) is 0 Å². The van der Waals surface area contributed by atoms with Crippen molar-refractivity contribution < 1.29 is 37.7 Å². The van der Waals surface area contributed by atoms with E-state index in [-0.39, 0.29) is 43.1 Å². The molecule has 1 heterocycles. The highest BCUT2D eigenvalue weighted by atomic mass is 19.3. The molecule has 1 aromatic carbocycles. The number of benzene rings is 1. The molecule has 1 saturated heterocycles. The molecule has 1 fully saturated rings. The third kappa shape index (κ3) is 3.91. The Morgan fingerprint density at radius 1 is 1.29 bits per heavy atom. The third-order valence-electron chi connectivity index (χ3n) is 3.75. The molecule has 0 unspecified atom stereocenters. The first-order valence-corrected chi connectivity index (χ1v) is 7.14. The average Bonchev–Trinajstić information content (AvgIpc) is 2.55. The van der Waals surface area contributed by atoms with E-state index in [1.165, 1.54) is 19.2 Å². The molecule has 0 aliphatic carbocycles. The van der Waals surface area contributed by atoms with E-state index in [4.69, 9.17) is 9.47 Å². The van der Waals surface area contributed by atoms with E-state index in [0.29, 0.717) is 0 Å². The number of nitrogens with one attached hydrogen (secondary N) is 1. The summed E-state index contributed by atoms with van der Waals surface area (Å²) in [6.45, 7) is -2.68. The maximum absolute atomic E-state index is 12.4. The van der Waals surface area contributed by atoms with Gasteiger partial charge in [0.25, 0.3) is 5.91 Å². The van der Waals surface area contributed by atoms with Crippen LogP contribution in [-0.4, -0.2) is 49.5 Å². The highest BCUT2D eigenvalue weighted by Crippen LogP contribution is 2.30. The van der Waals surface area contributed by atoms with E-state index in [0.717, 1.165) is 6.07 Å². The fourth-order valence-corrected chi connectivity index (χ4v) is 2.41. The smallest absolute Gasteiger partial charge is 0.387 e. The lowest BCUT2D eigenvalue weighted by molar-refractivity contribution is -0.148. The molecule has 0 bridgehead atoms. The topological polar surface area (TPSA) is 94.1 Å². The summed E-state index contributed by atoms with van der Waals surface area (Å²) in [4.78, 5) is 23.9. The van der Waals surface area contributed by atoms with Crippen molar-refractivity contribution in [3.05, 3.63) is 23.8 Å². The van der Waals surface area contributed by atoms with Gasteiger partial charge in [0.05, 0.1) is 7.11 Å². The molecule has 2 rings (SSSR count). The summed E-state index contributed by atoms with van der Waals surface area (Å²) in [6.07, 6.45) is 0.231. The highest BCUT2D eigenvalue weighted by Gasteiger charge is 2.41. The van der Waals surface area contributed by atoms with Crippen LogP contribution in [0.25, 0.3) is 0 Å². The molecular weight excluding hydrogens is 328 g/mol. The minimum Gasteiger partial charge on any atom is -0.493 e. The Morgan fingerprint density at radius 3 is 2.50 bits per heavy atom. The summed E-state index contributed by atoms with van der Waals surface area (Å²) in [6, 6.07) is 3.71. The molecule has 1 amide bonds. The fraction of sp³-hybridized carbons (Fsp3) is 0.467. The minimum absolute atomic E-state index is 0.0152. The molecule has 1 aliphatic heterocycles. The summed E-state index contributed by atoms with van der Waals surface area (Å²) in [5.41, 5.74) is -1.46. The second kappa shape index (κ2) is 7.43. The van der Waals surface area contributed by atoms with E-state index in [1.54, 1.807) is 0 Å². The summed E-state index contributed by atoms with van der Waals surface area (Å²) < 4.78 is 39.2. The molecule has 132 valence electrons. The quantitative estimate of drug-likeness (QED) is 0.814. The van der Waals surface area contributed by atoms with Crippen LogP contribution in [0.3, 0.4) is 0 Å². The lowest BCUT2D eigenvalue weighted by Crippen LogP contribution is -2.57. The summed E-state index contributed by atoms with van der Waals surface area (Å²) >= 11 is 0. The number of carboxylic acids is 1. The molecule has 0 saturated carbocycles. The highest BCUT2D eigenvalue weighted by molar-refractivity contribution is 5.98. The third-order valence-corrected chi connectivity index (χ3v) is 3.75. The number of carbonyl (C=O) groups is 2. The van der Waals surface area contributed by atoms with Crippen molar-refractivity contribution in [2.24, 2.45) is 0 Å². The maximum Gasteiger partial charge on any atom is 0.387 e. The lowest BCUT2D eigenvalue weighted by Gasteiger charge is -2.33. The molecule has 2 N–H and O–H groups in total. The van der Waals surface area contributed by atoms with E-state index in [2.05, 4.69) is 10.1 Å². The zero-order chi connectivity index (χ0) is 17.7. The summed E-state index contributed by atoms with van der Waals surface area (Å²) in [5.74, 6) is -2.15. The van der Waals surface area contributed by atoms with Crippen molar-refractivity contribution >= 4 is 11.9 Å². The maximum atomic E-state index is 12.4. The van der Waals surface area contributed by atoms with Crippen molar-refractivity contribution in [2.45, 2.75) is 25.0 Å². The molecular formula is C15H17F2NO6. The molecule has 24 heavy (non-hydrogen) atoms. The molecule has 0 aromatic heterocycles. The zero-order valence-electron chi connectivity index (χ0n) is 12.9. The van der Waals surface area contributed by atoms with Crippen LogP contribution < -0.4 is 14.8 Å². The number of hydrogen-bond acceptors (Lipinski definition) is 5. The van der Waals surface area contributed by atoms with Gasteiger partial charge >= 0.3 is 12.6 Å². The normalized spacial score (nSPS) is 16.5. The number of ether oxygens (including phenoxy) is 3. The molecule has 0 atom stereocenters. The number of halogens is 2. The number of hydrogen-bond donors (Lipinski definition) is 2. The Kier molecular flexibility index (Phi) is 5.55. The Morgan fingerprint density at radius 2 is 1.96 bits per heavy atom. The number of aliphatic carboxylic acids is 1. The first-order chi connectivity index (χ1) is 11.4. The Hall–Kier alpha value is -2.42. The predicted octanol–water partition coefficient (Wildman–Crippen LogP) is 1.66. The van der Waals surface area contributed by atoms with Crippen molar-refractivity contribution in [3.8, 4) is 11.5 Å². The summed E-state index contributed by atoms with van der Waals surface area (Å²) in [7, 11) is 1.27. The number of methoxy groups -OCH3 is 1. The fourth-order valence-electron chi connectivity index (χ4n) is 2.41. The van der Waals surface area contributed by atoms with Crippen LogP contribution in [-0.2, 0) is 9.53 Å². The van der Waals surface area contributed by atoms with Gasteiger partial charge in [0.2, 0.25) is 0 Å². The van der Waals surface area contributed by atoms with Crippen LogP contribution in [0.5, 0.6) is 11.5 Å². The molecule has 0 spiro atoms. The van der Waals surface area contributed by atoms with Crippen LogP contribution in [0.15, 0.2) is 18.2 Å². The number of carboxylic acid groups (broad SMARTS) is 1. The van der Waals surface area contributed by atoms with Crippen LogP contribution in [0, 0.1) is 0 Å². The van der Waals surface area contributed by atoms with Gasteiger partial charge in [-0.15, -0.1) is 0 Å². The second-order valence-electron chi connectivity index (χ2n) is 5.20. The standard InChI is InChI=1S/C15H17F2NO6/c1-22-10-3-2-9(8-11(10)24-14(16)17)12(19)18-15(13(20)21)4-6-23-7-5-15/h2-3,8,14H,4-7H2,1H3,(H,18,19)(H,20,21). The number of alkyl halides is 2. The molecule has 1 aromatic rings. The first-order valence-electron chi connectivity index (χ1n) is 7.14. The van der Waals surface area contributed by atoms with Gasteiger partial charge in [-0.05, 0) is 18.2 Å². The van der Waals surface area contributed by atoms with Gasteiger partial charge in [0, 0.05) is 31.6 Å². The van der Waals surface area contributed by atoms with Crippen LogP contribution in [0.1, 0.15) is 23.2 Å². The van der Waals surface area contributed by atoms with Gasteiger partial charge in [-0.2, -0.15) is 8.78 Å². The van der Waals surface area contributed by atoms with Crippen LogP contribution in [0.4, 0.5) is 8.78 Å². The van der Waals surface area contributed by atoms with Gasteiger partial charge in [-0.3, -0.25) is 4.79 Å². The van der Waals surface area contributed by atoms with Gasteiger partial charge in [-0.25, -0.2) is 4.79 Å². The Balaban J connectivity index is 2.23. The van der Waals surface area contributed by atoms with Gasteiger partial charge < -0.3 is 24.6 Å². The monoisotopic (exact) mass is 345 g/mol. The van der Waals surface area contributed by atoms with E-state index >= 15 is 0 Å². The SMILES string of the molecule is COc1ccc(C(=O)NC2(C(=O)O)CCOCC2)cc1OC(F)F. The number of carbonyl (C=O) groups excluding carboxylic acids is 1. The van der Waals surface area contributed by atoms with Crippen LogP contribution in [0.2, 0.25) is 0 Å². The van der Waals surface area contributed by atoms with Gasteiger partial charge in [-0.1, -0.05) is 0 Å². The predicted molar refractivity (Wildman–Crippen MR) is 77.5 cm³/mol. The van der Waals surface area contributed by atoms with Gasteiger partial charge in [0.15, 0.2) is 11.5 Å². The number of amides is 1. The first kappa shape index (κ1) is 17.9. The minimum atomic E-state index is -3.09. The molecule has 7 nitrogen and oxygen atoms in total. The largest absolute Gasteiger partial charge is 0.493 e. The van der Waals surface area contributed by atoms with E-state index in [9.17, 15) is 23.5 Å². The second-order valence-corrected chi connectivity index (χ2v) is 5.20. The lowest BCUT2D eigenvalue weighted by atomic mass is 9.89. The van der Waals surface area contributed by atoms with Crippen molar-refractivity contribution in [3.63, 3.8) is 0 Å².